The lowest BCUT2D eigenvalue weighted by atomic mass is 9.97. The fourth-order valence-corrected chi connectivity index (χ4v) is 3.48. The van der Waals surface area contributed by atoms with E-state index >= 15 is 0 Å². The Bertz CT molecular complexity index is 757. The van der Waals surface area contributed by atoms with Crippen molar-refractivity contribution in [1.29, 1.82) is 0 Å². The number of halogens is 1. The van der Waals surface area contributed by atoms with E-state index in [4.69, 9.17) is 4.74 Å². The second kappa shape index (κ2) is 7.79. The number of amides is 1. The Morgan fingerprint density at radius 2 is 2.12 bits per heavy atom. The highest BCUT2D eigenvalue weighted by atomic mass is 19.1. The molecule has 1 saturated heterocycles. The molecule has 1 aliphatic heterocycles. The molecule has 0 saturated carbocycles. The number of piperidine rings is 1. The molecule has 3 rings (SSSR count). The van der Waals surface area contributed by atoms with Gasteiger partial charge in [-0.2, -0.15) is 0 Å². The van der Waals surface area contributed by atoms with Gasteiger partial charge in [0.15, 0.2) is 0 Å². The number of carbonyl (C=O) groups excluding carboxylic acids is 1. The van der Waals surface area contributed by atoms with Gasteiger partial charge in [-0.1, -0.05) is 24.3 Å². The minimum Gasteiger partial charge on any atom is -0.384 e. The molecule has 1 fully saturated rings. The van der Waals surface area contributed by atoms with Gasteiger partial charge in [0, 0.05) is 31.3 Å². The molecule has 0 aromatic heterocycles. The number of benzene rings is 2. The Labute approximate surface area is 148 Å². The zero-order valence-electron chi connectivity index (χ0n) is 14.8. The molecule has 2 aromatic rings. The number of hydrogen-bond acceptors (Lipinski definition) is 2. The van der Waals surface area contributed by atoms with Crippen LogP contribution in [0.5, 0.6) is 0 Å². The normalized spacial score (nSPS) is 17.6. The average Bonchev–Trinajstić information content (AvgIpc) is 2.62. The molecule has 1 atom stereocenters. The van der Waals surface area contributed by atoms with Crippen LogP contribution in [0.4, 0.5) is 4.39 Å². The van der Waals surface area contributed by atoms with Gasteiger partial charge in [0.2, 0.25) is 0 Å². The molecular formula is C21H24FNO2. The van der Waals surface area contributed by atoms with Gasteiger partial charge in [-0.3, -0.25) is 4.79 Å². The SMILES string of the molecule is COC[C@H]1CCCN(C(=O)c2cccc(-c3ccc(C)cc3F)c2)C1. The van der Waals surface area contributed by atoms with Crippen molar-refractivity contribution in [3.63, 3.8) is 0 Å². The second-order valence-corrected chi connectivity index (χ2v) is 6.78. The summed E-state index contributed by atoms with van der Waals surface area (Å²) >= 11 is 0. The van der Waals surface area contributed by atoms with Crippen LogP contribution in [0.25, 0.3) is 11.1 Å². The van der Waals surface area contributed by atoms with Gasteiger partial charge in [0.25, 0.3) is 5.91 Å². The molecule has 4 heteroatoms. The number of likely N-dealkylation sites (tertiary alicyclic amines) is 1. The summed E-state index contributed by atoms with van der Waals surface area (Å²) in [6.07, 6.45) is 2.08. The van der Waals surface area contributed by atoms with E-state index in [1.54, 1.807) is 25.3 Å². The third-order valence-electron chi connectivity index (χ3n) is 4.75. The van der Waals surface area contributed by atoms with Crippen molar-refractivity contribution in [3.8, 4) is 11.1 Å². The first-order chi connectivity index (χ1) is 12.1. The lowest BCUT2D eigenvalue weighted by molar-refractivity contribution is 0.0571. The molecule has 0 radical (unpaired) electrons. The van der Waals surface area contributed by atoms with E-state index in [0.29, 0.717) is 23.7 Å². The summed E-state index contributed by atoms with van der Waals surface area (Å²) in [4.78, 5) is 14.8. The van der Waals surface area contributed by atoms with Crippen molar-refractivity contribution in [2.45, 2.75) is 19.8 Å². The van der Waals surface area contributed by atoms with Crippen molar-refractivity contribution < 1.29 is 13.9 Å². The first-order valence-electron chi connectivity index (χ1n) is 8.73. The van der Waals surface area contributed by atoms with Gasteiger partial charge < -0.3 is 9.64 Å². The highest BCUT2D eigenvalue weighted by Gasteiger charge is 2.24. The molecule has 0 N–H and O–H groups in total. The maximum atomic E-state index is 14.3. The van der Waals surface area contributed by atoms with E-state index in [1.165, 1.54) is 6.07 Å². The number of carbonyl (C=O) groups is 1. The van der Waals surface area contributed by atoms with E-state index < -0.39 is 0 Å². The molecular weight excluding hydrogens is 317 g/mol. The number of ether oxygens (including phenoxy) is 1. The highest BCUT2D eigenvalue weighted by molar-refractivity contribution is 5.95. The van der Waals surface area contributed by atoms with Gasteiger partial charge in [0.05, 0.1) is 6.61 Å². The van der Waals surface area contributed by atoms with Crippen molar-refractivity contribution in [2.75, 3.05) is 26.8 Å². The molecule has 1 amide bonds. The van der Waals surface area contributed by atoms with Gasteiger partial charge in [-0.25, -0.2) is 4.39 Å². The van der Waals surface area contributed by atoms with Crippen LogP contribution in [0.1, 0.15) is 28.8 Å². The molecule has 132 valence electrons. The summed E-state index contributed by atoms with van der Waals surface area (Å²) < 4.78 is 19.5. The fraction of sp³-hybridized carbons (Fsp3) is 0.381. The topological polar surface area (TPSA) is 29.5 Å². The van der Waals surface area contributed by atoms with Crippen LogP contribution in [0.15, 0.2) is 42.5 Å². The van der Waals surface area contributed by atoms with E-state index in [2.05, 4.69) is 0 Å². The summed E-state index contributed by atoms with van der Waals surface area (Å²) in [5, 5.41) is 0. The number of nitrogens with zero attached hydrogens (tertiary/aromatic N) is 1. The predicted molar refractivity (Wildman–Crippen MR) is 97.1 cm³/mol. The summed E-state index contributed by atoms with van der Waals surface area (Å²) in [7, 11) is 1.69. The number of rotatable bonds is 4. The minimum absolute atomic E-state index is 0.00942. The van der Waals surface area contributed by atoms with Gasteiger partial charge in [-0.05, 0) is 55.0 Å². The third-order valence-corrected chi connectivity index (χ3v) is 4.75. The van der Waals surface area contributed by atoms with Gasteiger partial charge in [0.1, 0.15) is 5.82 Å². The first kappa shape index (κ1) is 17.6. The zero-order chi connectivity index (χ0) is 17.8. The highest BCUT2D eigenvalue weighted by Crippen LogP contribution is 2.26. The summed E-state index contributed by atoms with van der Waals surface area (Å²) in [5.41, 5.74) is 2.74. The number of hydrogen-bond donors (Lipinski definition) is 0. The van der Waals surface area contributed by atoms with Crippen LogP contribution in [0.3, 0.4) is 0 Å². The van der Waals surface area contributed by atoms with Crippen LogP contribution < -0.4 is 0 Å². The van der Waals surface area contributed by atoms with Crippen molar-refractivity contribution in [1.82, 2.24) is 4.90 Å². The Kier molecular flexibility index (Phi) is 5.49. The van der Waals surface area contributed by atoms with Gasteiger partial charge >= 0.3 is 0 Å². The predicted octanol–water partition coefficient (Wildman–Crippen LogP) is 4.30. The third kappa shape index (κ3) is 4.07. The smallest absolute Gasteiger partial charge is 0.253 e. The standard InChI is InChI=1S/C21H24FNO2/c1-15-8-9-19(20(22)11-15)17-6-3-7-18(12-17)21(24)23-10-4-5-16(13-23)14-25-2/h3,6-9,11-12,16H,4-5,10,13-14H2,1-2H3/t16-/m0/s1. The molecule has 0 bridgehead atoms. The van der Waals surface area contributed by atoms with Crippen molar-refractivity contribution in [3.05, 3.63) is 59.4 Å². The summed E-state index contributed by atoms with van der Waals surface area (Å²) in [6, 6.07) is 12.4. The monoisotopic (exact) mass is 341 g/mol. The summed E-state index contributed by atoms with van der Waals surface area (Å²) in [6.45, 7) is 4.02. The largest absolute Gasteiger partial charge is 0.384 e. The Hall–Kier alpha value is -2.20. The zero-order valence-corrected chi connectivity index (χ0v) is 14.8. The van der Waals surface area contributed by atoms with Crippen LogP contribution >= 0.6 is 0 Å². The Morgan fingerprint density at radius 1 is 1.28 bits per heavy atom. The van der Waals surface area contributed by atoms with E-state index in [9.17, 15) is 9.18 Å². The molecule has 0 aliphatic carbocycles. The van der Waals surface area contributed by atoms with E-state index in [-0.39, 0.29) is 11.7 Å². The van der Waals surface area contributed by atoms with Crippen LogP contribution in [0, 0.1) is 18.7 Å². The van der Waals surface area contributed by atoms with Crippen LogP contribution in [0.2, 0.25) is 0 Å². The molecule has 0 spiro atoms. The maximum Gasteiger partial charge on any atom is 0.253 e. The first-order valence-corrected chi connectivity index (χ1v) is 8.73. The maximum absolute atomic E-state index is 14.3. The summed E-state index contributed by atoms with van der Waals surface area (Å²) in [5.74, 6) is 0.137. The van der Waals surface area contributed by atoms with Gasteiger partial charge in [-0.15, -0.1) is 0 Å². The second-order valence-electron chi connectivity index (χ2n) is 6.78. The number of aryl methyl sites for hydroxylation is 1. The quantitative estimate of drug-likeness (QED) is 0.830. The minimum atomic E-state index is -0.261. The van der Waals surface area contributed by atoms with Crippen LogP contribution in [-0.4, -0.2) is 37.6 Å². The number of methoxy groups -OCH3 is 1. The van der Waals surface area contributed by atoms with E-state index in [1.807, 2.05) is 30.0 Å². The van der Waals surface area contributed by atoms with Crippen LogP contribution in [-0.2, 0) is 4.74 Å². The van der Waals surface area contributed by atoms with Crippen molar-refractivity contribution >= 4 is 5.91 Å². The molecule has 25 heavy (non-hydrogen) atoms. The lowest BCUT2D eigenvalue weighted by Gasteiger charge is -2.32. The average molecular weight is 341 g/mol. The molecule has 0 unspecified atom stereocenters. The Balaban J connectivity index is 1.82. The molecule has 2 aromatic carbocycles. The molecule has 1 aliphatic rings. The van der Waals surface area contributed by atoms with Crippen molar-refractivity contribution in [2.24, 2.45) is 5.92 Å². The van der Waals surface area contributed by atoms with E-state index in [0.717, 1.165) is 37.1 Å². The molecule has 3 nitrogen and oxygen atoms in total. The lowest BCUT2D eigenvalue weighted by Crippen LogP contribution is -2.41. The molecule has 1 heterocycles. The fourth-order valence-electron chi connectivity index (χ4n) is 3.48. The Morgan fingerprint density at radius 3 is 2.88 bits per heavy atom.